The van der Waals surface area contributed by atoms with Gasteiger partial charge in [-0.25, -0.2) is 18.1 Å². The van der Waals surface area contributed by atoms with Gasteiger partial charge in [0.1, 0.15) is 0 Å². The van der Waals surface area contributed by atoms with Gasteiger partial charge in [0.25, 0.3) is 0 Å². The highest BCUT2D eigenvalue weighted by Gasteiger charge is 2.15. The van der Waals surface area contributed by atoms with E-state index in [1.54, 1.807) is 18.3 Å². The van der Waals surface area contributed by atoms with Crippen LogP contribution >= 0.6 is 0 Å². The molecule has 2 rings (SSSR count). The maximum Gasteiger partial charge on any atom is 0.240 e. The highest BCUT2D eigenvalue weighted by molar-refractivity contribution is 7.89. The third kappa shape index (κ3) is 3.24. The van der Waals surface area contributed by atoms with E-state index >= 15 is 0 Å². The van der Waals surface area contributed by atoms with Crippen LogP contribution in [-0.4, -0.2) is 18.4 Å². The molecule has 0 spiro atoms. The number of hydrogen-bond donors (Lipinski definition) is 3. The summed E-state index contributed by atoms with van der Waals surface area (Å²) in [6.45, 7) is 2.52. The topological polar surface area (TPSA) is 101 Å². The van der Waals surface area contributed by atoms with Crippen LogP contribution in [0.2, 0.25) is 0 Å². The summed E-state index contributed by atoms with van der Waals surface area (Å²) >= 11 is 0. The monoisotopic (exact) mass is 294 g/mol. The van der Waals surface area contributed by atoms with Crippen LogP contribution in [0.15, 0.2) is 35.6 Å². The van der Waals surface area contributed by atoms with Crippen LogP contribution in [0.4, 0.5) is 0 Å². The molecule has 1 aromatic carbocycles. The molecule has 0 saturated heterocycles. The van der Waals surface area contributed by atoms with Crippen molar-refractivity contribution >= 4 is 10.0 Å². The number of aromatic nitrogens is 2. The van der Waals surface area contributed by atoms with Gasteiger partial charge in [0.05, 0.1) is 17.8 Å². The lowest BCUT2D eigenvalue weighted by atomic mass is 10.1. The Morgan fingerprint density at radius 3 is 2.75 bits per heavy atom. The number of benzene rings is 1. The summed E-state index contributed by atoms with van der Waals surface area (Å²) in [5.74, 6) is 0. The fraction of sp³-hybridized carbons (Fsp3) is 0.308. The molecule has 7 heteroatoms. The fourth-order valence-corrected chi connectivity index (χ4v) is 3.00. The molecule has 1 heterocycles. The van der Waals surface area contributed by atoms with Crippen molar-refractivity contribution in [2.24, 2.45) is 5.73 Å². The van der Waals surface area contributed by atoms with E-state index in [0.717, 1.165) is 17.5 Å². The lowest BCUT2D eigenvalue weighted by Crippen LogP contribution is -2.23. The number of nitrogens with zero attached hydrogens (tertiary/aromatic N) is 1. The van der Waals surface area contributed by atoms with Crippen molar-refractivity contribution in [3.05, 3.63) is 47.5 Å². The van der Waals surface area contributed by atoms with E-state index in [0.29, 0.717) is 12.2 Å². The van der Waals surface area contributed by atoms with Gasteiger partial charge in [-0.2, -0.15) is 0 Å². The normalized spacial score (nSPS) is 11.7. The molecular weight excluding hydrogens is 276 g/mol. The number of hydrogen-bond acceptors (Lipinski definition) is 4. The second kappa shape index (κ2) is 6.17. The van der Waals surface area contributed by atoms with Gasteiger partial charge in [0.15, 0.2) is 0 Å². The first-order chi connectivity index (χ1) is 9.56. The summed E-state index contributed by atoms with van der Waals surface area (Å²) in [4.78, 5) is 6.91. The molecule has 0 aliphatic carbocycles. The van der Waals surface area contributed by atoms with E-state index in [4.69, 9.17) is 5.73 Å². The average molecular weight is 294 g/mol. The number of nitrogens with one attached hydrogen (secondary N) is 2. The van der Waals surface area contributed by atoms with Crippen molar-refractivity contribution in [3.8, 4) is 0 Å². The molecule has 0 amide bonds. The van der Waals surface area contributed by atoms with Crippen LogP contribution in [0.5, 0.6) is 0 Å². The highest BCUT2D eigenvalue weighted by Crippen LogP contribution is 2.16. The molecule has 108 valence electrons. The number of aromatic amines is 1. The van der Waals surface area contributed by atoms with Crippen LogP contribution in [0.25, 0.3) is 0 Å². The Kier molecular flexibility index (Phi) is 4.53. The standard InChI is InChI=1S/C13H18N4O2S/c1-2-10-3-4-13(5-11(10)6-14)20(18,19)17-8-12-7-15-9-16-12/h3-5,7,9,17H,2,6,8,14H2,1H3,(H,15,16). The molecule has 4 N–H and O–H groups in total. The van der Waals surface area contributed by atoms with Gasteiger partial charge < -0.3 is 10.7 Å². The molecule has 0 unspecified atom stereocenters. The van der Waals surface area contributed by atoms with E-state index in [-0.39, 0.29) is 11.4 Å². The van der Waals surface area contributed by atoms with Gasteiger partial charge >= 0.3 is 0 Å². The van der Waals surface area contributed by atoms with Gasteiger partial charge in [-0.15, -0.1) is 0 Å². The summed E-state index contributed by atoms with van der Waals surface area (Å²) in [6.07, 6.45) is 3.91. The summed E-state index contributed by atoms with van der Waals surface area (Å²) in [5.41, 5.74) is 8.30. The van der Waals surface area contributed by atoms with Crippen LogP contribution in [0.1, 0.15) is 23.7 Å². The quantitative estimate of drug-likeness (QED) is 0.737. The molecule has 1 aromatic heterocycles. The third-order valence-electron chi connectivity index (χ3n) is 3.10. The fourth-order valence-electron chi connectivity index (χ4n) is 1.94. The van der Waals surface area contributed by atoms with Gasteiger partial charge in [0.2, 0.25) is 10.0 Å². The van der Waals surface area contributed by atoms with Gasteiger partial charge in [-0.1, -0.05) is 13.0 Å². The molecule has 0 radical (unpaired) electrons. The lowest BCUT2D eigenvalue weighted by Gasteiger charge is -2.10. The maximum absolute atomic E-state index is 12.2. The predicted octanol–water partition coefficient (Wildman–Crippen LogP) is 0.909. The number of imidazole rings is 1. The summed E-state index contributed by atoms with van der Waals surface area (Å²) in [7, 11) is -3.55. The zero-order valence-corrected chi connectivity index (χ0v) is 12.1. The Balaban J connectivity index is 2.20. The Hall–Kier alpha value is -1.70. The first-order valence-electron chi connectivity index (χ1n) is 6.35. The Morgan fingerprint density at radius 1 is 1.35 bits per heavy atom. The van der Waals surface area contributed by atoms with Gasteiger partial charge in [-0.3, -0.25) is 0 Å². The second-order valence-electron chi connectivity index (χ2n) is 4.39. The number of nitrogens with two attached hydrogens (primary N) is 1. The first kappa shape index (κ1) is 14.7. The Bertz CT molecular complexity index is 666. The van der Waals surface area contributed by atoms with Crippen molar-refractivity contribution in [1.82, 2.24) is 14.7 Å². The zero-order valence-electron chi connectivity index (χ0n) is 11.3. The first-order valence-corrected chi connectivity index (χ1v) is 7.84. The SMILES string of the molecule is CCc1ccc(S(=O)(=O)NCc2cnc[nH]2)cc1CN. The lowest BCUT2D eigenvalue weighted by molar-refractivity contribution is 0.580. The molecular formula is C13H18N4O2S. The van der Waals surface area contributed by atoms with Crippen molar-refractivity contribution in [2.75, 3.05) is 0 Å². The predicted molar refractivity (Wildman–Crippen MR) is 76.3 cm³/mol. The zero-order chi connectivity index (χ0) is 14.6. The molecule has 0 bridgehead atoms. The summed E-state index contributed by atoms with van der Waals surface area (Å²) in [5, 5.41) is 0. The molecule has 6 nitrogen and oxygen atoms in total. The molecule has 0 aliphatic heterocycles. The average Bonchev–Trinajstić information content (AvgIpc) is 2.97. The minimum Gasteiger partial charge on any atom is -0.347 e. The van der Waals surface area contributed by atoms with Crippen LogP contribution < -0.4 is 10.5 Å². The van der Waals surface area contributed by atoms with Crippen LogP contribution in [0.3, 0.4) is 0 Å². The van der Waals surface area contributed by atoms with Crippen molar-refractivity contribution < 1.29 is 8.42 Å². The number of rotatable bonds is 6. The van der Waals surface area contributed by atoms with E-state index < -0.39 is 10.0 Å². The van der Waals surface area contributed by atoms with E-state index in [2.05, 4.69) is 14.7 Å². The van der Waals surface area contributed by atoms with E-state index in [9.17, 15) is 8.42 Å². The number of sulfonamides is 1. The smallest absolute Gasteiger partial charge is 0.240 e. The molecule has 0 aliphatic rings. The third-order valence-corrected chi connectivity index (χ3v) is 4.50. The minimum atomic E-state index is -3.55. The Morgan fingerprint density at radius 2 is 2.15 bits per heavy atom. The molecule has 0 fully saturated rings. The molecule has 0 saturated carbocycles. The second-order valence-corrected chi connectivity index (χ2v) is 6.16. The summed E-state index contributed by atoms with van der Waals surface area (Å²) < 4.78 is 26.9. The van der Waals surface area contributed by atoms with Crippen molar-refractivity contribution in [2.45, 2.75) is 31.3 Å². The van der Waals surface area contributed by atoms with Crippen LogP contribution in [-0.2, 0) is 29.5 Å². The van der Waals surface area contributed by atoms with E-state index in [1.807, 2.05) is 13.0 Å². The largest absolute Gasteiger partial charge is 0.347 e. The minimum absolute atomic E-state index is 0.176. The van der Waals surface area contributed by atoms with E-state index in [1.165, 1.54) is 6.33 Å². The van der Waals surface area contributed by atoms with Gasteiger partial charge in [0, 0.05) is 18.4 Å². The Labute approximate surface area is 118 Å². The van der Waals surface area contributed by atoms with Crippen LogP contribution in [0, 0.1) is 0 Å². The summed E-state index contributed by atoms with van der Waals surface area (Å²) in [6, 6.07) is 5.05. The number of aryl methyl sites for hydroxylation is 1. The number of H-pyrrole nitrogens is 1. The van der Waals surface area contributed by atoms with Gasteiger partial charge in [-0.05, 0) is 29.7 Å². The molecule has 20 heavy (non-hydrogen) atoms. The van der Waals surface area contributed by atoms with Crippen molar-refractivity contribution in [3.63, 3.8) is 0 Å². The van der Waals surface area contributed by atoms with Crippen molar-refractivity contribution in [1.29, 1.82) is 0 Å². The highest BCUT2D eigenvalue weighted by atomic mass is 32.2. The molecule has 0 atom stereocenters. The maximum atomic E-state index is 12.2. The molecule has 2 aromatic rings.